The van der Waals surface area contributed by atoms with Gasteiger partial charge in [-0.3, -0.25) is 0 Å². The van der Waals surface area contributed by atoms with Crippen LogP contribution in [-0.2, 0) is 12.8 Å². The number of aryl methyl sites for hydroxylation is 2. The highest BCUT2D eigenvalue weighted by molar-refractivity contribution is 5.52. The maximum absolute atomic E-state index is 9.17. The van der Waals surface area contributed by atoms with Gasteiger partial charge in [0.1, 0.15) is 0 Å². The standard InChI is InChI=1S/C16H24N2O/c17-16(11-19)14-7-8-18(10-14)15-6-5-12-3-1-2-4-13(12)9-15/h5-6,9,14,16,19H,1-4,7-8,10-11,17H2. The van der Waals surface area contributed by atoms with Crippen molar-refractivity contribution >= 4 is 5.69 Å². The number of nitrogens with zero attached hydrogens (tertiary/aromatic N) is 1. The molecule has 0 spiro atoms. The van der Waals surface area contributed by atoms with Crippen LogP contribution in [0.25, 0.3) is 0 Å². The molecule has 2 atom stereocenters. The predicted molar refractivity (Wildman–Crippen MR) is 78.5 cm³/mol. The molecule has 2 aliphatic rings. The lowest BCUT2D eigenvalue weighted by Crippen LogP contribution is -2.35. The van der Waals surface area contributed by atoms with E-state index in [0.717, 1.165) is 19.5 Å². The zero-order chi connectivity index (χ0) is 13.2. The van der Waals surface area contributed by atoms with Crippen molar-refractivity contribution in [3.05, 3.63) is 29.3 Å². The fourth-order valence-corrected chi connectivity index (χ4v) is 3.44. The normalized spacial score (nSPS) is 24.3. The summed E-state index contributed by atoms with van der Waals surface area (Å²) >= 11 is 0. The predicted octanol–water partition coefficient (Wildman–Crippen LogP) is 1.71. The molecule has 0 radical (unpaired) electrons. The average Bonchev–Trinajstić information content (AvgIpc) is 2.95. The summed E-state index contributed by atoms with van der Waals surface area (Å²) in [5.74, 6) is 0.432. The third kappa shape index (κ3) is 2.63. The average molecular weight is 260 g/mol. The van der Waals surface area contributed by atoms with Gasteiger partial charge in [0.25, 0.3) is 0 Å². The molecular formula is C16H24N2O. The van der Waals surface area contributed by atoms with Gasteiger partial charge in [0.05, 0.1) is 6.61 Å². The van der Waals surface area contributed by atoms with E-state index in [2.05, 4.69) is 23.1 Å². The molecule has 1 saturated heterocycles. The molecule has 19 heavy (non-hydrogen) atoms. The molecule has 104 valence electrons. The fraction of sp³-hybridized carbons (Fsp3) is 0.625. The molecule has 3 heteroatoms. The smallest absolute Gasteiger partial charge is 0.0585 e. The first-order valence-electron chi connectivity index (χ1n) is 7.51. The lowest BCUT2D eigenvalue weighted by molar-refractivity contribution is 0.233. The topological polar surface area (TPSA) is 49.5 Å². The highest BCUT2D eigenvalue weighted by Crippen LogP contribution is 2.29. The first kappa shape index (κ1) is 12.9. The number of anilines is 1. The van der Waals surface area contributed by atoms with E-state index in [-0.39, 0.29) is 12.6 Å². The first-order chi connectivity index (χ1) is 9.28. The Labute approximate surface area is 115 Å². The Hall–Kier alpha value is -1.06. The van der Waals surface area contributed by atoms with E-state index in [1.807, 2.05) is 0 Å². The molecule has 1 aromatic carbocycles. The van der Waals surface area contributed by atoms with Gasteiger partial charge in [-0.05, 0) is 61.3 Å². The molecule has 2 unspecified atom stereocenters. The largest absolute Gasteiger partial charge is 0.395 e. The van der Waals surface area contributed by atoms with Gasteiger partial charge in [-0.25, -0.2) is 0 Å². The molecule has 3 N–H and O–H groups in total. The molecule has 1 fully saturated rings. The number of rotatable bonds is 3. The van der Waals surface area contributed by atoms with Crippen molar-refractivity contribution in [1.29, 1.82) is 0 Å². The van der Waals surface area contributed by atoms with Crippen LogP contribution in [0.5, 0.6) is 0 Å². The van der Waals surface area contributed by atoms with Gasteiger partial charge < -0.3 is 15.7 Å². The van der Waals surface area contributed by atoms with Crippen molar-refractivity contribution < 1.29 is 5.11 Å². The van der Waals surface area contributed by atoms with Crippen molar-refractivity contribution in [2.45, 2.75) is 38.1 Å². The summed E-state index contributed by atoms with van der Waals surface area (Å²) in [6, 6.07) is 6.88. The third-order valence-corrected chi connectivity index (χ3v) is 4.74. The van der Waals surface area contributed by atoms with Crippen LogP contribution in [0.4, 0.5) is 5.69 Å². The van der Waals surface area contributed by atoms with Gasteiger partial charge in [0.2, 0.25) is 0 Å². The maximum atomic E-state index is 9.17. The molecule has 3 rings (SSSR count). The number of aliphatic hydroxyl groups is 1. The lowest BCUT2D eigenvalue weighted by atomic mass is 9.91. The Bertz CT molecular complexity index is 446. The number of aliphatic hydroxyl groups excluding tert-OH is 1. The van der Waals surface area contributed by atoms with Gasteiger partial charge in [-0.1, -0.05) is 6.07 Å². The minimum absolute atomic E-state index is 0.0670. The van der Waals surface area contributed by atoms with E-state index >= 15 is 0 Å². The van der Waals surface area contributed by atoms with Crippen molar-refractivity contribution in [3.8, 4) is 0 Å². The Morgan fingerprint density at radius 1 is 1.26 bits per heavy atom. The second-order valence-corrected chi connectivity index (χ2v) is 6.00. The van der Waals surface area contributed by atoms with Crippen LogP contribution in [0, 0.1) is 5.92 Å². The van der Waals surface area contributed by atoms with Crippen LogP contribution in [-0.4, -0.2) is 30.8 Å². The number of nitrogens with two attached hydrogens (primary N) is 1. The van der Waals surface area contributed by atoms with Gasteiger partial charge in [0.15, 0.2) is 0 Å². The third-order valence-electron chi connectivity index (χ3n) is 4.74. The molecule has 1 aliphatic carbocycles. The highest BCUT2D eigenvalue weighted by Gasteiger charge is 2.27. The van der Waals surface area contributed by atoms with Crippen LogP contribution in [0.1, 0.15) is 30.4 Å². The van der Waals surface area contributed by atoms with Crippen LogP contribution >= 0.6 is 0 Å². The molecule has 1 aromatic rings. The van der Waals surface area contributed by atoms with Gasteiger partial charge >= 0.3 is 0 Å². The van der Waals surface area contributed by atoms with E-state index in [4.69, 9.17) is 10.8 Å². The second-order valence-electron chi connectivity index (χ2n) is 6.00. The second kappa shape index (κ2) is 5.51. The summed E-state index contributed by atoms with van der Waals surface area (Å²) in [7, 11) is 0. The van der Waals surface area contributed by atoms with E-state index in [1.165, 1.54) is 36.9 Å². The fourth-order valence-electron chi connectivity index (χ4n) is 3.44. The molecule has 0 bridgehead atoms. The van der Waals surface area contributed by atoms with Crippen molar-refractivity contribution in [2.75, 3.05) is 24.6 Å². The maximum Gasteiger partial charge on any atom is 0.0585 e. The summed E-state index contributed by atoms with van der Waals surface area (Å²) in [6.45, 7) is 2.15. The van der Waals surface area contributed by atoms with E-state index in [0.29, 0.717) is 5.92 Å². The van der Waals surface area contributed by atoms with Crippen LogP contribution in [0.2, 0.25) is 0 Å². The molecule has 0 aromatic heterocycles. The molecule has 0 saturated carbocycles. The van der Waals surface area contributed by atoms with Crippen molar-refractivity contribution in [1.82, 2.24) is 0 Å². The number of hydrogen-bond acceptors (Lipinski definition) is 3. The first-order valence-corrected chi connectivity index (χ1v) is 7.51. The van der Waals surface area contributed by atoms with E-state index in [1.54, 1.807) is 5.56 Å². The van der Waals surface area contributed by atoms with Crippen molar-refractivity contribution in [3.63, 3.8) is 0 Å². The zero-order valence-electron chi connectivity index (χ0n) is 11.5. The van der Waals surface area contributed by atoms with Gasteiger partial charge in [-0.15, -0.1) is 0 Å². The monoisotopic (exact) mass is 260 g/mol. The summed E-state index contributed by atoms with van der Waals surface area (Å²) in [4.78, 5) is 2.43. The molecule has 1 heterocycles. The number of hydrogen-bond donors (Lipinski definition) is 2. The number of benzene rings is 1. The summed E-state index contributed by atoms with van der Waals surface area (Å²) in [5, 5.41) is 9.17. The van der Waals surface area contributed by atoms with Gasteiger partial charge in [-0.2, -0.15) is 0 Å². The van der Waals surface area contributed by atoms with E-state index in [9.17, 15) is 0 Å². The highest BCUT2D eigenvalue weighted by atomic mass is 16.3. The lowest BCUT2D eigenvalue weighted by Gasteiger charge is -2.23. The van der Waals surface area contributed by atoms with E-state index < -0.39 is 0 Å². The Morgan fingerprint density at radius 2 is 2.05 bits per heavy atom. The minimum Gasteiger partial charge on any atom is -0.395 e. The minimum atomic E-state index is -0.0670. The Morgan fingerprint density at radius 3 is 2.84 bits per heavy atom. The molecular weight excluding hydrogens is 236 g/mol. The Balaban J connectivity index is 1.73. The van der Waals surface area contributed by atoms with Gasteiger partial charge in [0, 0.05) is 24.8 Å². The van der Waals surface area contributed by atoms with Crippen LogP contribution < -0.4 is 10.6 Å². The summed E-state index contributed by atoms with van der Waals surface area (Å²) in [6.07, 6.45) is 6.24. The quantitative estimate of drug-likeness (QED) is 0.870. The molecule has 1 aliphatic heterocycles. The van der Waals surface area contributed by atoms with Crippen LogP contribution in [0.15, 0.2) is 18.2 Å². The summed E-state index contributed by atoms with van der Waals surface area (Å²) < 4.78 is 0. The van der Waals surface area contributed by atoms with Crippen LogP contribution in [0.3, 0.4) is 0 Å². The molecule has 0 amide bonds. The SMILES string of the molecule is NC(CO)C1CCN(c2ccc3c(c2)CCCC3)C1. The van der Waals surface area contributed by atoms with Crippen molar-refractivity contribution in [2.24, 2.45) is 11.7 Å². The number of fused-ring (bicyclic) bond motifs is 1. The molecule has 3 nitrogen and oxygen atoms in total. The zero-order valence-corrected chi connectivity index (χ0v) is 11.5. The Kier molecular flexibility index (Phi) is 3.76. The summed E-state index contributed by atoms with van der Waals surface area (Å²) in [5.41, 5.74) is 10.4.